The molecule has 0 saturated heterocycles. The number of primary amides is 1. The Kier molecular flexibility index (Phi) is 11.1. The van der Waals surface area contributed by atoms with Crippen molar-refractivity contribution in [2.75, 3.05) is 0 Å². The third kappa shape index (κ3) is 10.1. The van der Waals surface area contributed by atoms with Crippen molar-refractivity contribution in [3.63, 3.8) is 0 Å². The highest BCUT2D eigenvalue weighted by atomic mass is 16.4. The third-order valence-corrected chi connectivity index (χ3v) is 4.66. The van der Waals surface area contributed by atoms with Crippen molar-refractivity contribution >= 4 is 35.6 Å². The Hall–Kier alpha value is -4.01. The Morgan fingerprint density at radius 3 is 2.12 bits per heavy atom. The van der Waals surface area contributed by atoms with Gasteiger partial charge in [-0.05, 0) is 19.8 Å². The minimum atomic E-state index is -1.53. The van der Waals surface area contributed by atoms with Gasteiger partial charge in [0.15, 0.2) is 0 Å². The summed E-state index contributed by atoms with van der Waals surface area (Å²) in [6.07, 6.45) is 1.58. The summed E-state index contributed by atoms with van der Waals surface area (Å²) in [4.78, 5) is 77.2. The molecule has 0 aromatic carbocycles. The van der Waals surface area contributed by atoms with Gasteiger partial charge in [0.25, 0.3) is 0 Å². The van der Waals surface area contributed by atoms with Crippen LogP contribution in [0.5, 0.6) is 0 Å². The highest BCUT2D eigenvalue weighted by Gasteiger charge is 2.29. The molecule has 15 nitrogen and oxygen atoms in total. The van der Waals surface area contributed by atoms with Crippen LogP contribution in [0.1, 0.15) is 38.3 Å². The summed E-state index contributed by atoms with van der Waals surface area (Å²) in [7, 11) is 0. The fraction of sp³-hybridized carbons (Fsp3) is 0.526. The number of aromatic nitrogens is 2. The molecule has 0 fully saturated rings. The zero-order valence-electron chi connectivity index (χ0n) is 18.4. The standard InChI is InChI=1S/C19H29N7O8/c1-9(24-17(31)11(20)6-10-7-22-8-23-10)16(30)25-12(2-4-14(21)27)18(32)26-13(19(33)34)3-5-15(28)29/h7-9,11-13H,2-6,20H2,1H3,(H2,21,27)(H,22,23)(H,24,31)(H,25,30)(H,26,32)(H,28,29)(H,33,34). The van der Waals surface area contributed by atoms with Gasteiger partial charge in [-0.25, -0.2) is 9.78 Å². The molecule has 4 amide bonds. The average molecular weight is 483 g/mol. The van der Waals surface area contributed by atoms with E-state index in [1.165, 1.54) is 19.4 Å². The van der Waals surface area contributed by atoms with Gasteiger partial charge < -0.3 is 42.6 Å². The van der Waals surface area contributed by atoms with Gasteiger partial charge in [0, 0.05) is 31.2 Å². The van der Waals surface area contributed by atoms with Crippen LogP contribution in [0.25, 0.3) is 0 Å². The molecule has 0 aliphatic carbocycles. The first-order chi connectivity index (χ1) is 15.9. The second-order valence-electron chi connectivity index (χ2n) is 7.52. The van der Waals surface area contributed by atoms with E-state index >= 15 is 0 Å². The molecule has 0 radical (unpaired) electrons. The van der Waals surface area contributed by atoms with Crippen LogP contribution in [0, 0.1) is 0 Å². The molecular formula is C19H29N7O8. The van der Waals surface area contributed by atoms with E-state index < -0.39 is 72.6 Å². The maximum atomic E-state index is 12.6. The summed E-state index contributed by atoms with van der Waals surface area (Å²) in [6.45, 7) is 1.34. The van der Waals surface area contributed by atoms with Gasteiger partial charge in [0.2, 0.25) is 23.6 Å². The van der Waals surface area contributed by atoms with Gasteiger partial charge >= 0.3 is 11.9 Å². The molecule has 188 valence electrons. The number of H-pyrrole nitrogens is 1. The molecule has 15 heteroatoms. The van der Waals surface area contributed by atoms with E-state index in [1.54, 1.807) is 0 Å². The number of nitrogens with zero attached hydrogens (tertiary/aromatic N) is 1. The van der Waals surface area contributed by atoms with E-state index in [0.29, 0.717) is 5.69 Å². The van der Waals surface area contributed by atoms with Crippen molar-refractivity contribution in [2.45, 2.75) is 63.2 Å². The van der Waals surface area contributed by atoms with Crippen molar-refractivity contribution in [2.24, 2.45) is 11.5 Å². The molecule has 0 aliphatic rings. The largest absolute Gasteiger partial charge is 0.481 e. The highest BCUT2D eigenvalue weighted by molar-refractivity contribution is 5.94. The molecule has 0 saturated carbocycles. The van der Waals surface area contributed by atoms with E-state index in [-0.39, 0.29) is 19.3 Å². The van der Waals surface area contributed by atoms with Crippen LogP contribution >= 0.6 is 0 Å². The van der Waals surface area contributed by atoms with Gasteiger partial charge in [-0.1, -0.05) is 0 Å². The number of carboxylic acid groups (broad SMARTS) is 2. The molecule has 0 aliphatic heterocycles. The van der Waals surface area contributed by atoms with Gasteiger partial charge in [0.05, 0.1) is 12.4 Å². The molecule has 34 heavy (non-hydrogen) atoms. The molecule has 10 N–H and O–H groups in total. The van der Waals surface area contributed by atoms with Crippen molar-refractivity contribution in [1.29, 1.82) is 0 Å². The maximum absolute atomic E-state index is 12.6. The third-order valence-electron chi connectivity index (χ3n) is 4.66. The lowest BCUT2D eigenvalue weighted by Gasteiger charge is -2.23. The number of imidazole rings is 1. The zero-order chi connectivity index (χ0) is 25.8. The van der Waals surface area contributed by atoms with Crippen LogP contribution in [-0.4, -0.2) is 79.9 Å². The normalized spacial score (nSPS) is 14.2. The topological polar surface area (TPSA) is 260 Å². The lowest BCUT2D eigenvalue weighted by molar-refractivity contribution is -0.143. The molecule has 1 aromatic rings. The summed E-state index contributed by atoms with van der Waals surface area (Å²) >= 11 is 0. The fourth-order valence-electron chi connectivity index (χ4n) is 2.76. The van der Waals surface area contributed by atoms with E-state index in [1.807, 2.05) is 0 Å². The van der Waals surface area contributed by atoms with Crippen molar-refractivity contribution in [3.05, 3.63) is 18.2 Å². The Balaban J connectivity index is 2.77. The van der Waals surface area contributed by atoms with Crippen LogP contribution in [0.2, 0.25) is 0 Å². The summed E-state index contributed by atoms with van der Waals surface area (Å²) in [5, 5.41) is 24.8. The predicted octanol–water partition coefficient (Wildman–Crippen LogP) is -3.03. The minimum absolute atomic E-state index is 0.136. The number of nitrogens with two attached hydrogens (primary N) is 2. The first-order valence-electron chi connectivity index (χ1n) is 10.3. The number of nitrogens with one attached hydrogen (secondary N) is 4. The number of aromatic amines is 1. The number of amides is 4. The van der Waals surface area contributed by atoms with Crippen LogP contribution < -0.4 is 27.4 Å². The lowest BCUT2D eigenvalue weighted by atomic mass is 10.1. The van der Waals surface area contributed by atoms with Crippen molar-refractivity contribution in [1.82, 2.24) is 25.9 Å². The second kappa shape index (κ2) is 13.5. The Labute approximate surface area is 194 Å². The van der Waals surface area contributed by atoms with E-state index in [0.717, 1.165) is 0 Å². The first-order valence-corrected chi connectivity index (χ1v) is 10.3. The predicted molar refractivity (Wildman–Crippen MR) is 115 cm³/mol. The van der Waals surface area contributed by atoms with Gasteiger partial charge in [-0.3, -0.25) is 24.0 Å². The summed E-state index contributed by atoms with van der Waals surface area (Å²) < 4.78 is 0. The number of carboxylic acids is 2. The van der Waals surface area contributed by atoms with Crippen LogP contribution in [0.3, 0.4) is 0 Å². The van der Waals surface area contributed by atoms with Crippen molar-refractivity contribution < 1.29 is 39.0 Å². The molecule has 4 atom stereocenters. The molecule has 4 unspecified atom stereocenters. The van der Waals surface area contributed by atoms with Crippen molar-refractivity contribution in [3.8, 4) is 0 Å². The van der Waals surface area contributed by atoms with Crippen LogP contribution in [-0.2, 0) is 35.2 Å². The summed E-state index contributed by atoms with van der Waals surface area (Å²) in [5.74, 6) is -5.89. The molecule has 0 bridgehead atoms. The smallest absolute Gasteiger partial charge is 0.326 e. The number of aliphatic carboxylic acids is 2. The van der Waals surface area contributed by atoms with Crippen LogP contribution in [0.4, 0.5) is 0 Å². The molecule has 1 aromatic heterocycles. The number of carbonyl (C=O) groups is 6. The molecule has 1 rings (SSSR count). The number of carbonyl (C=O) groups excluding carboxylic acids is 4. The second-order valence-corrected chi connectivity index (χ2v) is 7.52. The minimum Gasteiger partial charge on any atom is -0.481 e. The molecule has 1 heterocycles. The highest BCUT2D eigenvalue weighted by Crippen LogP contribution is 2.04. The number of hydrogen-bond donors (Lipinski definition) is 8. The summed E-state index contributed by atoms with van der Waals surface area (Å²) in [5.41, 5.74) is 11.5. The lowest BCUT2D eigenvalue weighted by Crippen LogP contribution is -2.56. The first kappa shape index (κ1) is 28.0. The van der Waals surface area contributed by atoms with Gasteiger partial charge in [-0.2, -0.15) is 0 Å². The Bertz CT molecular complexity index is 889. The van der Waals surface area contributed by atoms with E-state index in [2.05, 4.69) is 25.9 Å². The maximum Gasteiger partial charge on any atom is 0.326 e. The Morgan fingerprint density at radius 1 is 0.971 bits per heavy atom. The number of hydrogen-bond acceptors (Lipinski definition) is 8. The molecular weight excluding hydrogens is 454 g/mol. The zero-order valence-corrected chi connectivity index (χ0v) is 18.4. The van der Waals surface area contributed by atoms with E-state index in [9.17, 15) is 33.9 Å². The quantitative estimate of drug-likeness (QED) is 0.125. The van der Waals surface area contributed by atoms with Gasteiger partial charge in [0.1, 0.15) is 18.1 Å². The van der Waals surface area contributed by atoms with Crippen LogP contribution in [0.15, 0.2) is 12.5 Å². The fourth-order valence-corrected chi connectivity index (χ4v) is 2.76. The average Bonchev–Trinajstić information content (AvgIpc) is 3.25. The van der Waals surface area contributed by atoms with E-state index in [4.69, 9.17) is 16.6 Å². The molecule has 0 spiro atoms. The Morgan fingerprint density at radius 2 is 1.59 bits per heavy atom. The monoisotopic (exact) mass is 483 g/mol. The number of rotatable bonds is 15. The van der Waals surface area contributed by atoms with Gasteiger partial charge in [-0.15, -0.1) is 0 Å². The summed E-state index contributed by atoms with van der Waals surface area (Å²) in [6, 6.07) is -5.03. The SMILES string of the molecule is CC(NC(=O)C(N)Cc1cnc[nH]1)C(=O)NC(CCC(N)=O)C(=O)NC(CCC(=O)O)C(=O)O.